The van der Waals surface area contributed by atoms with Crippen molar-refractivity contribution in [1.82, 2.24) is 4.98 Å². The molecule has 0 aliphatic rings. The zero-order valence-corrected chi connectivity index (χ0v) is 9.89. The van der Waals surface area contributed by atoms with E-state index in [4.69, 9.17) is 9.84 Å². The normalized spacial score (nSPS) is 11.2. The number of alkyl halides is 3. The van der Waals surface area contributed by atoms with E-state index in [1.54, 1.807) is 0 Å². The lowest BCUT2D eigenvalue weighted by molar-refractivity contribution is -0.137. The van der Waals surface area contributed by atoms with Crippen LogP contribution in [0.15, 0.2) is 42.6 Å². The first-order valence-corrected chi connectivity index (χ1v) is 5.41. The average Bonchev–Trinajstić information content (AvgIpc) is 2.38. The molecule has 0 saturated heterocycles. The zero-order valence-electron chi connectivity index (χ0n) is 9.89. The third-order valence-corrected chi connectivity index (χ3v) is 2.39. The number of pyridine rings is 1. The van der Waals surface area contributed by atoms with Crippen LogP contribution in [0, 0.1) is 0 Å². The quantitative estimate of drug-likeness (QED) is 0.935. The van der Waals surface area contributed by atoms with Gasteiger partial charge in [0, 0.05) is 12.3 Å². The number of aromatic nitrogens is 1. The first kappa shape index (κ1) is 13.9. The molecular formula is C13H8F3NO3. The molecule has 0 fully saturated rings. The van der Waals surface area contributed by atoms with Crippen molar-refractivity contribution in [1.29, 1.82) is 0 Å². The van der Waals surface area contributed by atoms with Crippen LogP contribution in [0.25, 0.3) is 0 Å². The highest BCUT2D eigenvalue weighted by Crippen LogP contribution is 2.31. The summed E-state index contributed by atoms with van der Waals surface area (Å²) >= 11 is 0. The predicted molar refractivity (Wildman–Crippen MR) is 62.7 cm³/mol. The maximum Gasteiger partial charge on any atom is 0.416 e. The summed E-state index contributed by atoms with van der Waals surface area (Å²) < 4.78 is 42.3. The molecule has 2 rings (SSSR count). The van der Waals surface area contributed by atoms with Crippen LogP contribution in [0.2, 0.25) is 0 Å². The molecule has 0 atom stereocenters. The van der Waals surface area contributed by atoms with E-state index in [2.05, 4.69) is 4.98 Å². The molecule has 4 nitrogen and oxygen atoms in total. The van der Waals surface area contributed by atoms with Crippen LogP contribution in [0.4, 0.5) is 13.2 Å². The monoisotopic (exact) mass is 283 g/mol. The third-order valence-electron chi connectivity index (χ3n) is 2.39. The van der Waals surface area contributed by atoms with Gasteiger partial charge in [0.05, 0.1) is 11.1 Å². The number of benzene rings is 1. The number of carboxylic acid groups (broad SMARTS) is 1. The van der Waals surface area contributed by atoms with Gasteiger partial charge in [-0.2, -0.15) is 13.2 Å². The minimum absolute atomic E-state index is 0.00958. The molecule has 0 bridgehead atoms. The van der Waals surface area contributed by atoms with Gasteiger partial charge in [0.25, 0.3) is 0 Å². The Balaban J connectivity index is 2.18. The first-order valence-electron chi connectivity index (χ1n) is 5.41. The number of nitrogens with zero attached hydrogens (tertiary/aromatic N) is 1. The van der Waals surface area contributed by atoms with Gasteiger partial charge in [0.15, 0.2) is 0 Å². The van der Waals surface area contributed by atoms with E-state index in [0.29, 0.717) is 0 Å². The van der Waals surface area contributed by atoms with Crippen LogP contribution in [-0.2, 0) is 6.18 Å². The van der Waals surface area contributed by atoms with Crippen molar-refractivity contribution in [3.8, 4) is 11.6 Å². The fourth-order valence-corrected chi connectivity index (χ4v) is 1.43. The number of aromatic carboxylic acids is 1. The first-order chi connectivity index (χ1) is 9.36. The van der Waals surface area contributed by atoms with Crippen LogP contribution in [0.5, 0.6) is 11.6 Å². The average molecular weight is 283 g/mol. The Bertz CT molecular complexity index is 624. The van der Waals surface area contributed by atoms with Crippen LogP contribution in [0.3, 0.4) is 0 Å². The SMILES string of the molecule is O=C(O)c1ccnc(Oc2ccc(C(F)(F)F)cc2)c1. The Kier molecular flexibility index (Phi) is 3.60. The van der Waals surface area contributed by atoms with Gasteiger partial charge < -0.3 is 9.84 Å². The highest BCUT2D eigenvalue weighted by molar-refractivity contribution is 5.87. The lowest BCUT2D eigenvalue weighted by Crippen LogP contribution is -2.04. The molecule has 1 N–H and O–H groups in total. The highest BCUT2D eigenvalue weighted by Gasteiger charge is 2.30. The number of hydrogen-bond donors (Lipinski definition) is 1. The lowest BCUT2D eigenvalue weighted by atomic mass is 10.2. The summed E-state index contributed by atoms with van der Waals surface area (Å²) in [7, 11) is 0. The van der Waals surface area contributed by atoms with Crippen molar-refractivity contribution in [2.24, 2.45) is 0 Å². The number of carboxylic acids is 1. The Morgan fingerprint density at radius 3 is 2.35 bits per heavy atom. The second kappa shape index (κ2) is 5.20. The standard InChI is InChI=1S/C13H8F3NO3/c14-13(15,16)9-1-3-10(4-2-9)20-11-7-8(12(18)19)5-6-17-11/h1-7H,(H,18,19). The summed E-state index contributed by atoms with van der Waals surface area (Å²) in [5.74, 6) is -1.03. The molecule has 2 aromatic rings. The van der Waals surface area contributed by atoms with Gasteiger partial charge >= 0.3 is 12.1 Å². The molecule has 0 spiro atoms. The molecule has 1 heterocycles. The molecule has 0 amide bonds. The van der Waals surface area contributed by atoms with Gasteiger partial charge in [-0.1, -0.05) is 0 Å². The molecule has 0 radical (unpaired) electrons. The van der Waals surface area contributed by atoms with Gasteiger partial charge in [-0.25, -0.2) is 9.78 Å². The largest absolute Gasteiger partial charge is 0.478 e. The Morgan fingerprint density at radius 2 is 1.80 bits per heavy atom. The Hall–Kier alpha value is -2.57. The predicted octanol–water partition coefficient (Wildman–Crippen LogP) is 3.59. The fraction of sp³-hybridized carbons (Fsp3) is 0.0769. The molecule has 20 heavy (non-hydrogen) atoms. The Morgan fingerprint density at radius 1 is 1.15 bits per heavy atom. The maximum absolute atomic E-state index is 12.4. The summed E-state index contributed by atoms with van der Waals surface area (Å²) in [5, 5.41) is 8.79. The van der Waals surface area contributed by atoms with Crippen LogP contribution >= 0.6 is 0 Å². The van der Waals surface area contributed by atoms with Crippen molar-refractivity contribution < 1.29 is 27.8 Å². The molecular weight excluding hydrogens is 275 g/mol. The summed E-state index contributed by atoms with van der Waals surface area (Å²) in [5.41, 5.74) is -0.820. The fourth-order valence-electron chi connectivity index (χ4n) is 1.43. The van der Waals surface area contributed by atoms with Crippen LogP contribution < -0.4 is 4.74 Å². The molecule has 1 aromatic heterocycles. The van der Waals surface area contributed by atoms with E-state index in [-0.39, 0.29) is 17.2 Å². The van der Waals surface area contributed by atoms with E-state index in [9.17, 15) is 18.0 Å². The van der Waals surface area contributed by atoms with Gasteiger partial charge in [-0.3, -0.25) is 0 Å². The van der Waals surface area contributed by atoms with E-state index in [0.717, 1.165) is 24.3 Å². The summed E-state index contributed by atoms with van der Waals surface area (Å²) in [6, 6.07) is 6.48. The van der Waals surface area contributed by atoms with Gasteiger partial charge in [-0.05, 0) is 30.3 Å². The third kappa shape index (κ3) is 3.25. The van der Waals surface area contributed by atoms with Crippen LogP contribution in [0.1, 0.15) is 15.9 Å². The summed E-state index contributed by atoms with van der Waals surface area (Å²) in [4.78, 5) is 14.5. The van der Waals surface area contributed by atoms with E-state index >= 15 is 0 Å². The minimum Gasteiger partial charge on any atom is -0.478 e. The van der Waals surface area contributed by atoms with Crippen molar-refractivity contribution >= 4 is 5.97 Å². The smallest absolute Gasteiger partial charge is 0.416 e. The second-order valence-electron chi connectivity index (χ2n) is 3.81. The lowest BCUT2D eigenvalue weighted by Gasteiger charge is -2.08. The molecule has 0 aliphatic carbocycles. The van der Waals surface area contributed by atoms with E-state index in [1.165, 1.54) is 18.3 Å². The number of carbonyl (C=O) groups is 1. The highest BCUT2D eigenvalue weighted by atomic mass is 19.4. The van der Waals surface area contributed by atoms with Crippen molar-refractivity contribution in [2.75, 3.05) is 0 Å². The Labute approximate surface area is 111 Å². The molecule has 0 saturated carbocycles. The van der Waals surface area contributed by atoms with E-state index < -0.39 is 17.7 Å². The molecule has 7 heteroatoms. The number of hydrogen-bond acceptors (Lipinski definition) is 3. The maximum atomic E-state index is 12.4. The van der Waals surface area contributed by atoms with Crippen molar-refractivity contribution in [3.05, 3.63) is 53.7 Å². The van der Waals surface area contributed by atoms with Crippen molar-refractivity contribution in [3.63, 3.8) is 0 Å². The zero-order chi connectivity index (χ0) is 14.8. The van der Waals surface area contributed by atoms with Crippen LogP contribution in [-0.4, -0.2) is 16.1 Å². The van der Waals surface area contributed by atoms with Crippen molar-refractivity contribution in [2.45, 2.75) is 6.18 Å². The summed E-state index contributed by atoms with van der Waals surface area (Å²) in [6.45, 7) is 0. The summed E-state index contributed by atoms with van der Waals surface area (Å²) in [6.07, 6.45) is -3.18. The number of halogens is 3. The molecule has 1 aromatic carbocycles. The topological polar surface area (TPSA) is 59.4 Å². The number of ether oxygens (including phenoxy) is 1. The van der Waals surface area contributed by atoms with Gasteiger partial charge in [0.1, 0.15) is 5.75 Å². The second-order valence-corrected chi connectivity index (χ2v) is 3.81. The molecule has 0 aliphatic heterocycles. The number of rotatable bonds is 3. The molecule has 0 unspecified atom stereocenters. The van der Waals surface area contributed by atoms with E-state index in [1.807, 2.05) is 0 Å². The van der Waals surface area contributed by atoms with Gasteiger partial charge in [0.2, 0.25) is 5.88 Å². The minimum atomic E-state index is -4.42. The molecule has 104 valence electrons. The van der Waals surface area contributed by atoms with Gasteiger partial charge in [-0.15, -0.1) is 0 Å².